The highest BCUT2D eigenvalue weighted by Gasteiger charge is 2.18. The Labute approximate surface area is 266 Å². The number of hydrogen-bond donors (Lipinski definition) is 1. The van der Waals surface area contributed by atoms with E-state index in [0.29, 0.717) is 10.0 Å². The van der Waals surface area contributed by atoms with E-state index in [-0.39, 0.29) is 5.75 Å². The average molecular weight is 631 g/mol. The van der Waals surface area contributed by atoms with Crippen molar-refractivity contribution < 1.29 is 14.6 Å². The summed E-state index contributed by atoms with van der Waals surface area (Å²) in [5, 5.41) is 13.3. The number of aromatic hydroxyl groups is 1. The number of hydrogen-bond acceptors (Lipinski definition) is 8. The summed E-state index contributed by atoms with van der Waals surface area (Å²) in [6, 6.07) is 22.5. The van der Waals surface area contributed by atoms with Gasteiger partial charge in [0.05, 0.1) is 46.5 Å². The van der Waals surface area contributed by atoms with Gasteiger partial charge >= 0.3 is 0 Å². The number of aromatic nitrogens is 3. The van der Waals surface area contributed by atoms with Gasteiger partial charge in [0.2, 0.25) is 0 Å². The molecule has 1 saturated heterocycles. The van der Waals surface area contributed by atoms with Crippen LogP contribution in [0.15, 0.2) is 91.4 Å². The van der Waals surface area contributed by atoms with Crippen LogP contribution in [0.1, 0.15) is 0 Å². The van der Waals surface area contributed by atoms with Gasteiger partial charge < -0.3 is 24.4 Å². The molecule has 0 radical (unpaired) electrons. The number of phenols is 1. The predicted octanol–water partition coefficient (Wildman–Crippen LogP) is 7.49. The number of rotatable bonds is 3. The molecule has 0 spiro atoms. The monoisotopic (exact) mass is 629 g/mol. The van der Waals surface area contributed by atoms with E-state index in [1.807, 2.05) is 42.6 Å². The van der Waals surface area contributed by atoms with Gasteiger partial charge in [0.25, 0.3) is 0 Å². The molecular weight excluding hydrogens is 597 g/mol. The molecule has 1 aliphatic rings. The number of halogens is 2. The summed E-state index contributed by atoms with van der Waals surface area (Å²) in [5.41, 5.74) is 3.78. The van der Waals surface area contributed by atoms with Gasteiger partial charge in [-0.3, -0.25) is 15.0 Å². The molecule has 0 bridgehead atoms. The summed E-state index contributed by atoms with van der Waals surface area (Å²) >= 11 is 11.8. The van der Waals surface area contributed by atoms with E-state index < -0.39 is 0 Å². The minimum absolute atomic E-state index is 0.167. The lowest BCUT2D eigenvalue weighted by atomic mass is 10.1. The highest BCUT2D eigenvalue weighted by Crippen LogP contribution is 2.31. The number of likely N-dealkylation sites (N-methyl/N-ethyl adjacent to an activating group) is 1. The molecule has 0 aliphatic carbocycles. The van der Waals surface area contributed by atoms with Crippen molar-refractivity contribution in [3.63, 3.8) is 0 Å². The second kappa shape index (κ2) is 14.4. The van der Waals surface area contributed by atoms with Crippen molar-refractivity contribution in [2.45, 2.75) is 0 Å². The lowest BCUT2D eigenvalue weighted by molar-refractivity contribution is 0.313. The molecule has 3 aromatic carbocycles. The first-order chi connectivity index (χ1) is 21.4. The summed E-state index contributed by atoms with van der Waals surface area (Å²) in [7, 11) is 5.50. The number of fused-ring (bicyclic) bond motifs is 3. The average Bonchev–Trinajstić information content (AvgIpc) is 3.05. The van der Waals surface area contributed by atoms with Crippen molar-refractivity contribution >= 4 is 61.6 Å². The van der Waals surface area contributed by atoms with Gasteiger partial charge in [-0.05, 0) is 43.4 Å². The summed E-state index contributed by atoms with van der Waals surface area (Å²) in [6.07, 6.45) is 5.25. The molecule has 7 rings (SSSR count). The maximum atomic E-state index is 9.20. The minimum atomic E-state index is 0.167. The SMILES string of the molecule is COc1cc(Cl)c2ncccc2c1.COc1cc(N2CCN(C)CC2)c2ncccc2c1.Oc1cc(Cl)c2ncccc2c1. The van der Waals surface area contributed by atoms with Crippen LogP contribution in [0.2, 0.25) is 10.0 Å². The van der Waals surface area contributed by atoms with Crippen molar-refractivity contribution in [2.75, 3.05) is 52.3 Å². The maximum absolute atomic E-state index is 9.20. The highest BCUT2D eigenvalue weighted by molar-refractivity contribution is 6.35. The van der Waals surface area contributed by atoms with Gasteiger partial charge in [0.15, 0.2) is 0 Å². The Balaban J connectivity index is 0.000000136. The molecule has 0 atom stereocenters. The van der Waals surface area contributed by atoms with E-state index in [1.54, 1.807) is 44.8 Å². The Morgan fingerprint density at radius 2 is 1.11 bits per heavy atom. The molecule has 6 aromatic rings. The Morgan fingerprint density at radius 3 is 1.68 bits per heavy atom. The Bertz CT molecular complexity index is 1880. The first-order valence-corrected chi connectivity index (χ1v) is 14.8. The van der Waals surface area contributed by atoms with E-state index in [0.717, 1.165) is 70.4 Å². The largest absolute Gasteiger partial charge is 0.508 e. The van der Waals surface area contributed by atoms with E-state index >= 15 is 0 Å². The third-order valence-electron chi connectivity index (χ3n) is 7.25. The molecule has 0 amide bonds. The lowest BCUT2D eigenvalue weighted by Gasteiger charge is -2.34. The number of pyridine rings is 3. The predicted molar refractivity (Wildman–Crippen MR) is 180 cm³/mol. The number of nitrogens with zero attached hydrogens (tertiary/aromatic N) is 5. The number of benzene rings is 3. The molecule has 44 heavy (non-hydrogen) atoms. The molecule has 0 saturated carbocycles. The zero-order chi connectivity index (χ0) is 31.1. The zero-order valence-corrected chi connectivity index (χ0v) is 26.3. The van der Waals surface area contributed by atoms with Crippen LogP contribution in [0.5, 0.6) is 17.2 Å². The van der Waals surface area contributed by atoms with E-state index in [1.165, 1.54) is 11.8 Å². The second-order valence-corrected chi connectivity index (χ2v) is 11.0. The summed E-state index contributed by atoms with van der Waals surface area (Å²) in [4.78, 5) is 17.5. The Hall–Kier alpha value is -4.37. The fraction of sp³-hybridized carbons (Fsp3) is 0.206. The van der Waals surface area contributed by atoms with Crippen molar-refractivity contribution in [2.24, 2.45) is 0 Å². The minimum Gasteiger partial charge on any atom is -0.508 e. The molecule has 3 aromatic heterocycles. The highest BCUT2D eigenvalue weighted by atomic mass is 35.5. The van der Waals surface area contributed by atoms with Crippen LogP contribution in [0.4, 0.5) is 5.69 Å². The molecule has 4 heterocycles. The zero-order valence-electron chi connectivity index (χ0n) is 24.7. The first-order valence-electron chi connectivity index (χ1n) is 14.0. The molecule has 1 N–H and O–H groups in total. The fourth-order valence-electron chi connectivity index (χ4n) is 4.93. The van der Waals surface area contributed by atoms with Crippen LogP contribution < -0.4 is 14.4 Å². The van der Waals surface area contributed by atoms with Gasteiger partial charge in [-0.2, -0.15) is 0 Å². The first kappa shape index (κ1) is 31.1. The lowest BCUT2D eigenvalue weighted by Crippen LogP contribution is -2.44. The summed E-state index contributed by atoms with van der Waals surface area (Å²) < 4.78 is 10.5. The van der Waals surface area contributed by atoms with E-state index in [2.05, 4.69) is 43.9 Å². The quantitative estimate of drug-likeness (QED) is 0.216. The summed E-state index contributed by atoms with van der Waals surface area (Å²) in [5.74, 6) is 1.82. The van der Waals surface area contributed by atoms with Crippen LogP contribution in [-0.4, -0.2) is 72.4 Å². The topological polar surface area (TPSA) is 83.8 Å². The van der Waals surface area contributed by atoms with Crippen LogP contribution in [-0.2, 0) is 0 Å². The number of phenolic OH excluding ortho intramolecular Hbond substituents is 1. The van der Waals surface area contributed by atoms with Crippen molar-refractivity contribution in [1.29, 1.82) is 0 Å². The van der Waals surface area contributed by atoms with Gasteiger partial charge in [-0.25, -0.2) is 0 Å². The molecule has 226 valence electrons. The molecule has 1 aliphatic heterocycles. The van der Waals surface area contributed by atoms with Gasteiger partial charge in [0.1, 0.15) is 17.2 Å². The standard InChI is InChI=1S/C15H19N3O.C10H8ClNO.C9H6ClNO/c1-17-6-8-18(9-7-17)14-11-13(19-2)10-12-4-3-5-16-15(12)14;1-13-8-5-7-3-2-4-12-10(7)9(11)6-8;10-8-5-7(12)4-6-2-1-3-11-9(6)8/h3-5,10-11H,6-9H2,1-2H3;2-6H,1H3;1-5,12H. The van der Waals surface area contributed by atoms with Gasteiger partial charge in [-0.15, -0.1) is 0 Å². The van der Waals surface area contributed by atoms with Crippen LogP contribution in [0.3, 0.4) is 0 Å². The normalized spacial score (nSPS) is 13.2. The third kappa shape index (κ3) is 7.39. The van der Waals surface area contributed by atoms with Crippen molar-refractivity contribution in [3.8, 4) is 17.2 Å². The molecule has 8 nitrogen and oxygen atoms in total. The molecule has 10 heteroatoms. The number of methoxy groups -OCH3 is 2. The molecule has 1 fully saturated rings. The van der Waals surface area contributed by atoms with Crippen molar-refractivity contribution in [3.05, 3.63) is 101 Å². The van der Waals surface area contributed by atoms with E-state index in [9.17, 15) is 5.11 Å². The number of ether oxygens (including phenoxy) is 2. The third-order valence-corrected chi connectivity index (χ3v) is 7.82. The maximum Gasteiger partial charge on any atom is 0.121 e. The molecule has 0 unspecified atom stereocenters. The second-order valence-electron chi connectivity index (χ2n) is 10.2. The summed E-state index contributed by atoms with van der Waals surface area (Å²) in [6.45, 7) is 4.25. The fourth-order valence-corrected chi connectivity index (χ4v) is 5.46. The van der Waals surface area contributed by atoms with Crippen LogP contribution >= 0.6 is 23.2 Å². The van der Waals surface area contributed by atoms with Gasteiger partial charge in [0, 0.05) is 79.1 Å². The Kier molecular flexibility index (Phi) is 10.2. The van der Waals surface area contributed by atoms with Crippen LogP contribution in [0, 0.1) is 0 Å². The smallest absolute Gasteiger partial charge is 0.121 e. The number of piperazine rings is 1. The van der Waals surface area contributed by atoms with Crippen molar-refractivity contribution in [1.82, 2.24) is 19.9 Å². The van der Waals surface area contributed by atoms with Crippen LogP contribution in [0.25, 0.3) is 32.7 Å². The number of anilines is 1. The Morgan fingerprint density at radius 1 is 0.636 bits per heavy atom. The molecular formula is C34H33Cl2N5O3. The van der Waals surface area contributed by atoms with E-state index in [4.69, 9.17) is 32.7 Å². The van der Waals surface area contributed by atoms with Gasteiger partial charge in [-0.1, -0.05) is 41.4 Å².